The highest BCUT2D eigenvalue weighted by molar-refractivity contribution is 9.10. The maximum absolute atomic E-state index is 10.2. The normalized spacial score (nSPS) is 11.8. The number of nitrogens with zero attached hydrogens (tertiary/aromatic N) is 6. The maximum atomic E-state index is 10.2. The lowest BCUT2D eigenvalue weighted by Gasteiger charge is -2.01. The predicted octanol–water partition coefficient (Wildman–Crippen LogP) is 5.18. The van der Waals surface area contributed by atoms with Crippen molar-refractivity contribution in [3.63, 3.8) is 0 Å². The third-order valence-electron chi connectivity index (χ3n) is 4.30. The van der Waals surface area contributed by atoms with Gasteiger partial charge in [0.25, 0.3) is 0 Å². The molecule has 2 N–H and O–H groups in total. The van der Waals surface area contributed by atoms with E-state index >= 15 is 0 Å². The molecule has 3 heterocycles. The van der Waals surface area contributed by atoms with Gasteiger partial charge in [0.05, 0.1) is 22.8 Å². The highest BCUT2D eigenvalue weighted by atomic mass is 79.9. The minimum absolute atomic E-state index is 0.0536. The minimum Gasteiger partial charge on any atom is -0.493 e. The van der Waals surface area contributed by atoms with Crippen LogP contribution in [-0.4, -0.2) is 29.8 Å². The number of H-pyrrole nitrogens is 1. The number of halogens is 1. The van der Waals surface area contributed by atoms with Crippen molar-refractivity contribution in [1.82, 2.24) is 24.7 Å². The molecule has 0 bridgehead atoms. The Bertz CT molecular complexity index is 1340. The molecule has 0 radical (unpaired) electrons. The first-order valence-electron chi connectivity index (χ1n) is 8.37. The molecule has 3 aromatic heterocycles. The van der Waals surface area contributed by atoms with Gasteiger partial charge in [-0.05, 0) is 30.3 Å². The Balaban J connectivity index is 1.61. The van der Waals surface area contributed by atoms with Crippen LogP contribution >= 0.6 is 15.9 Å². The lowest BCUT2D eigenvalue weighted by molar-refractivity contribution is 0.459. The molecule has 9 heteroatoms. The Morgan fingerprint density at radius 3 is 2.71 bits per heavy atom. The van der Waals surface area contributed by atoms with Crippen molar-refractivity contribution < 1.29 is 5.11 Å². The van der Waals surface area contributed by atoms with Crippen LogP contribution in [0.2, 0.25) is 0 Å². The fraction of sp³-hybridized carbons (Fsp3) is 0. The lowest BCUT2D eigenvalue weighted by Crippen LogP contribution is -1.96. The predicted molar refractivity (Wildman–Crippen MR) is 108 cm³/mol. The highest BCUT2D eigenvalue weighted by Crippen LogP contribution is 2.38. The smallest absolute Gasteiger partial charge is 0.218 e. The third-order valence-corrected chi connectivity index (χ3v) is 4.80. The molecule has 0 unspecified atom stereocenters. The molecule has 0 aliphatic rings. The molecule has 0 aliphatic carbocycles. The SMILES string of the molecule is Oc1[nH]c2ccc(Br)cc2c1N=Nc1ncnc2c1cnn2-c1ccccc1. The zero-order valence-electron chi connectivity index (χ0n) is 14.3. The second-order valence-corrected chi connectivity index (χ2v) is 6.95. The average Bonchev–Trinajstić information content (AvgIpc) is 3.28. The number of rotatable bonds is 3. The average molecular weight is 434 g/mol. The number of aromatic nitrogens is 5. The van der Waals surface area contributed by atoms with Crippen molar-refractivity contribution >= 4 is 49.4 Å². The van der Waals surface area contributed by atoms with Crippen LogP contribution in [0.25, 0.3) is 27.6 Å². The molecular formula is C19H12BrN7O. The Labute approximate surface area is 166 Å². The van der Waals surface area contributed by atoms with Crippen molar-refractivity contribution in [2.24, 2.45) is 10.2 Å². The van der Waals surface area contributed by atoms with Gasteiger partial charge in [0.1, 0.15) is 6.33 Å². The van der Waals surface area contributed by atoms with Crippen LogP contribution in [0.1, 0.15) is 0 Å². The molecular weight excluding hydrogens is 422 g/mol. The molecule has 5 rings (SSSR count). The van der Waals surface area contributed by atoms with E-state index in [-0.39, 0.29) is 5.88 Å². The number of aromatic amines is 1. The molecule has 0 saturated carbocycles. The van der Waals surface area contributed by atoms with E-state index in [0.717, 1.165) is 21.1 Å². The van der Waals surface area contributed by atoms with E-state index in [2.05, 4.69) is 46.2 Å². The summed E-state index contributed by atoms with van der Waals surface area (Å²) in [5.74, 6) is 0.318. The van der Waals surface area contributed by atoms with Gasteiger partial charge in [0.2, 0.25) is 5.88 Å². The molecule has 8 nitrogen and oxygen atoms in total. The number of fused-ring (bicyclic) bond motifs is 2. The summed E-state index contributed by atoms with van der Waals surface area (Å²) in [6.07, 6.45) is 3.08. The van der Waals surface area contributed by atoms with Crippen molar-refractivity contribution in [2.45, 2.75) is 0 Å². The fourth-order valence-corrected chi connectivity index (χ4v) is 3.36. The number of aromatic hydroxyl groups is 1. The standard InChI is InChI=1S/C19H12BrN7O/c20-11-6-7-15-13(8-11)16(19(28)24-15)25-26-17-14-9-23-27(18(14)22-10-21-17)12-4-2-1-3-5-12/h1-10,24,28H. The second kappa shape index (κ2) is 6.54. The fourth-order valence-electron chi connectivity index (χ4n) is 3.00. The molecule has 0 aliphatic heterocycles. The van der Waals surface area contributed by atoms with Gasteiger partial charge in [-0.2, -0.15) is 5.10 Å². The van der Waals surface area contributed by atoms with Crippen LogP contribution in [-0.2, 0) is 0 Å². The van der Waals surface area contributed by atoms with Crippen molar-refractivity contribution in [1.29, 1.82) is 0 Å². The van der Waals surface area contributed by atoms with Gasteiger partial charge in [-0.1, -0.05) is 34.1 Å². The summed E-state index contributed by atoms with van der Waals surface area (Å²) >= 11 is 3.43. The number of nitrogens with one attached hydrogen (secondary N) is 1. The first-order valence-corrected chi connectivity index (χ1v) is 9.16. The zero-order valence-corrected chi connectivity index (χ0v) is 15.9. The van der Waals surface area contributed by atoms with Crippen molar-refractivity contribution in [2.75, 3.05) is 0 Å². The van der Waals surface area contributed by atoms with E-state index in [0.29, 0.717) is 22.5 Å². The summed E-state index contributed by atoms with van der Waals surface area (Å²) in [7, 11) is 0. The Morgan fingerprint density at radius 1 is 1.00 bits per heavy atom. The van der Waals surface area contributed by atoms with E-state index in [1.807, 2.05) is 48.5 Å². The minimum atomic E-state index is -0.0536. The molecule has 136 valence electrons. The van der Waals surface area contributed by atoms with Gasteiger partial charge in [0, 0.05) is 9.86 Å². The Kier molecular flexibility index (Phi) is 3.87. The van der Waals surface area contributed by atoms with Crippen LogP contribution in [0.5, 0.6) is 5.88 Å². The second-order valence-electron chi connectivity index (χ2n) is 6.04. The number of hydrogen-bond acceptors (Lipinski definition) is 6. The summed E-state index contributed by atoms with van der Waals surface area (Å²) in [5.41, 5.74) is 2.62. The molecule has 5 aromatic rings. The van der Waals surface area contributed by atoms with E-state index in [1.54, 1.807) is 10.9 Å². The summed E-state index contributed by atoms with van der Waals surface area (Å²) in [4.78, 5) is 11.4. The van der Waals surface area contributed by atoms with E-state index < -0.39 is 0 Å². The van der Waals surface area contributed by atoms with Crippen LogP contribution < -0.4 is 0 Å². The van der Waals surface area contributed by atoms with Gasteiger partial charge in [-0.15, -0.1) is 10.2 Å². The molecule has 28 heavy (non-hydrogen) atoms. The largest absolute Gasteiger partial charge is 0.493 e. The summed E-state index contributed by atoms with van der Waals surface area (Å²) in [6, 6.07) is 15.3. The third kappa shape index (κ3) is 2.72. The van der Waals surface area contributed by atoms with E-state index in [4.69, 9.17) is 0 Å². The number of para-hydroxylation sites is 1. The molecule has 0 fully saturated rings. The van der Waals surface area contributed by atoms with Gasteiger partial charge in [-0.25, -0.2) is 14.6 Å². The first-order chi connectivity index (χ1) is 13.7. The van der Waals surface area contributed by atoms with Gasteiger partial charge >= 0.3 is 0 Å². The van der Waals surface area contributed by atoms with Crippen LogP contribution in [0.4, 0.5) is 11.5 Å². The molecule has 2 aromatic carbocycles. The Morgan fingerprint density at radius 2 is 1.86 bits per heavy atom. The quantitative estimate of drug-likeness (QED) is 0.382. The number of hydrogen-bond donors (Lipinski definition) is 2. The summed E-state index contributed by atoms with van der Waals surface area (Å²) in [6.45, 7) is 0. The highest BCUT2D eigenvalue weighted by Gasteiger charge is 2.13. The van der Waals surface area contributed by atoms with Crippen LogP contribution in [0.3, 0.4) is 0 Å². The topological polar surface area (TPSA) is 104 Å². The number of azo groups is 1. The summed E-state index contributed by atoms with van der Waals surface area (Å²) < 4.78 is 2.60. The first kappa shape index (κ1) is 16.6. The van der Waals surface area contributed by atoms with Crippen LogP contribution in [0, 0.1) is 0 Å². The maximum Gasteiger partial charge on any atom is 0.218 e. The Hall–Kier alpha value is -3.59. The molecule has 0 amide bonds. The molecule has 0 atom stereocenters. The van der Waals surface area contributed by atoms with Gasteiger partial charge in [-0.3, -0.25) is 0 Å². The summed E-state index contributed by atoms with van der Waals surface area (Å²) in [5, 5.41) is 24.5. The van der Waals surface area contributed by atoms with Gasteiger partial charge in [0.15, 0.2) is 17.2 Å². The monoisotopic (exact) mass is 433 g/mol. The molecule has 0 saturated heterocycles. The molecule has 0 spiro atoms. The lowest BCUT2D eigenvalue weighted by atomic mass is 10.2. The number of benzene rings is 2. The van der Waals surface area contributed by atoms with Crippen molar-refractivity contribution in [3.05, 3.63) is 65.5 Å². The van der Waals surface area contributed by atoms with Crippen LogP contribution in [0.15, 0.2) is 75.8 Å². The van der Waals surface area contributed by atoms with Gasteiger partial charge < -0.3 is 10.1 Å². The van der Waals surface area contributed by atoms with Crippen molar-refractivity contribution in [3.8, 4) is 11.6 Å². The van der Waals surface area contributed by atoms with E-state index in [1.165, 1.54) is 6.33 Å². The zero-order chi connectivity index (χ0) is 19.1. The van der Waals surface area contributed by atoms with E-state index in [9.17, 15) is 5.11 Å².